The van der Waals surface area contributed by atoms with E-state index in [-0.39, 0.29) is 15.5 Å². The highest BCUT2D eigenvalue weighted by Gasteiger charge is 2.19. The summed E-state index contributed by atoms with van der Waals surface area (Å²) in [5, 5.41) is 0. The fraction of sp³-hybridized carbons (Fsp3) is 0.0769. The molecule has 0 unspecified atom stereocenters. The molecule has 0 atom stereocenters. The number of nitrogens with two attached hydrogens (primary N) is 1. The fourth-order valence-corrected chi connectivity index (χ4v) is 3.80. The summed E-state index contributed by atoms with van der Waals surface area (Å²) in [6, 6.07) is 11.5. The molecule has 0 spiro atoms. The molecule has 112 valence electrons. The molecule has 0 fully saturated rings. The normalized spacial score (nSPS) is 12.0. The summed E-state index contributed by atoms with van der Waals surface area (Å²) < 4.78 is 50.2. The summed E-state index contributed by atoms with van der Waals surface area (Å²) in [5.41, 5.74) is 5.86. The van der Waals surface area contributed by atoms with E-state index in [1.807, 2.05) is 0 Å². The van der Waals surface area contributed by atoms with Crippen LogP contribution in [-0.4, -0.2) is 23.1 Å². The van der Waals surface area contributed by atoms with Crippen LogP contribution in [0.5, 0.6) is 0 Å². The zero-order chi connectivity index (χ0) is 15.7. The first-order valence-electron chi connectivity index (χ1n) is 5.87. The SMILES string of the molecule is CS(=O)(=O)c1ccccc1NS(=O)(=O)c1cccc(N)c1. The van der Waals surface area contributed by atoms with Crippen molar-refractivity contribution in [3.63, 3.8) is 0 Å². The Bertz CT molecular complexity index is 875. The van der Waals surface area contributed by atoms with Crippen LogP contribution in [0.3, 0.4) is 0 Å². The molecule has 0 aromatic heterocycles. The lowest BCUT2D eigenvalue weighted by Gasteiger charge is -2.11. The largest absolute Gasteiger partial charge is 0.399 e. The average molecular weight is 326 g/mol. The highest BCUT2D eigenvalue weighted by molar-refractivity contribution is 7.93. The van der Waals surface area contributed by atoms with Crippen LogP contribution >= 0.6 is 0 Å². The van der Waals surface area contributed by atoms with E-state index in [1.165, 1.54) is 36.4 Å². The van der Waals surface area contributed by atoms with E-state index in [4.69, 9.17) is 5.73 Å². The van der Waals surface area contributed by atoms with Crippen LogP contribution < -0.4 is 10.5 Å². The third-order valence-corrected chi connectivity index (χ3v) is 5.22. The van der Waals surface area contributed by atoms with Crippen molar-refractivity contribution in [3.05, 3.63) is 48.5 Å². The van der Waals surface area contributed by atoms with E-state index in [0.717, 1.165) is 6.26 Å². The predicted molar refractivity (Wildman–Crippen MR) is 81.2 cm³/mol. The van der Waals surface area contributed by atoms with Crippen LogP contribution in [0.25, 0.3) is 0 Å². The number of nitrogens with one attached hydrogen (secondary N) is 1. The molecule has 2 rings (SSSR count). The fourth-order valence-electron chi connectivity index (χ4n) is 1.76. The van der Waals surface area contributed by atoms with Crippen LogP contribution in [0.15, 0.2) is 58.3 Å². The van der Waals surface area contributed by atoms with Gasteiger partial charge in [0.25, 0.3) is 10.0 Å². The van der Waals surface area contributed by atoms with E-state index in [0.29, 0.717) is 5.69 Å². The monoisotopic (exact) mass is 326 g/mol. The Kier molecular flexibility index (Phi) is 3.93. The van der Waals surface area contributed by atoms with Crippen molar-refractivity contribution in [3.8, 4) is 0 Å². The molecule has 0 saturated heterocycles. The minimum atomic E-state index is -3.91. The summed E-state index contributed by atoms with van der Waals surface area (Å²) in [6.07, 6.45) is 1.01. The van der Waals surface area contributed by atoms with Crippen LogP contribution in [0.1, 0.15) is 0 Å². The molecule has 0 radical (unpaired) electrons. The van der Waals surface area contributed by atoms with Crippen molar-refractivity contribution < 1.29 is 16.8 Å². The molecule has 0 saturated carbocycles. The lowest BCUT2D eigenvalue weighted by atomic mass is 10.3. The summed E-state index contributed by atoms with van der Waals surface area (Å²) >= 11 is 0. The quantitative estimate of drug-likeness (QED) is 0.828. The maximum atomic E-state index is 12.3. The molecular formula is C13H14N2O4S2. The van der Waals surface area contributed by atoms with E-state index in [2.05, 4.69) is 4.72 Å². The minimum absolute atomic E-state index is 0.00224. The Labute approximate surface area is 123 Å². The molecule has 21 heavy (non-hydrogen) atoms. The molecule has 2 aromatic carbocycles. The third kappa shape index (κ3) is 3.53. The number of rotatable bonds is 4. The first kappa shape index (κ1) is 15.3. The average Bonchev–Trinajstić information content (AvgIpc) is 2.37. The number of hydrogen-bond acceptors (Lipinski definition) is 5. The van der Waals surface area contributed by atoms with Gasteiger partial charge in [0, 0.05) is 11.9 Å². The van der Waals surface area contributed by atoms with E-state index in [9.17, 15) is 16.8 Å². The molecule has 0 heterocycles. The van der Waals surface area contributed by atoms with Gasteiger partial charge in [-0.05, 0) is 30.3 Å². The molecule has 2 aromatic rings. The van der Waals surface area contributed by atoms with Crippen LogP contribution in [0, 0.1) is 0 Å². The molecule has 6 nitrogen and oxygen atoms in total. The molecule has 0 amide bonds. The van der Waals surface area contributed by atoms with Crippen molar-refractivity contribution in [2.45, 2.75) is 9.79 Å². The molecule has 3 N–H and O–H groups in total. The third-order valence-electron chi connectivity index (χ3n) is 2.70. The maximum Gasteiger partial charge on any atom is 0.262 e. The second-order valence-corrected chi connectivity index (χ2v) is 8.11. The van der Waals surface area contributed by atoms with Crippen molar-refractivity contribution in [2.75, 3.05) is 16.7 Å². The number of para-hydroxylation sites is 1. The summed E-state index contributed by atoms with van der Waals surface area (Å²) in [4.78, 5) is -0.122. The number of anilines is 2. The Morgan fingerprint density at radius 2 is 1.62 bits per heavy atom. The number of sulfonamides is 1. The van der Waals surface area contributed by atoms with Gasteiger partial charge in [0.05, 0.1) is 15.5 Å². The summed E-state index contributed by atoms with van der Waals surface area (Å²) in [5.74, 6) is 0. The zero-order valence-corrected chi connectivity index (χ0v) is 12.8. The lowest BCUT2D eigenvalue weighted by molar-refractivity contribution is 0.601. The van der Waals surface area contributed by atoms with Gasteiger partial charge < -0.3 is 5.73 Å². The summed E-state index contributed by atoms with van der Waals surface area (Å²) in [7, 11) is -7.46. The number of sulfone groups is 1. The Hall–Kier alpha value is -2.06. The van der Waals surface area contributed by atoms with Crippen LogP contribution in [0.4, 0.5) is 11.4 Å². The number of benzene rings is 2. The van der Waals surface area contributed by atoms with Gasteiger partial charge in [-0.25, -0.2) is 16.8 Å². The second-order valence-electron chi connectivity index (χ2n) is 4.45. The first-order chi connectivity index (χ1) is 9.70. The Morgan fingerprint density at radius 1 is 0.952 bits per heavy atom. The van der Waals surface area contributed by atoms with Gasteiger partial charge in [0.1, 0.15) is 0 Å². The van der Waals surface area contributed by atoms with Crippen LogP contribution in [0.2, 0.25) is 0 Å². The molecule has 0 bridgehead atoms. The van der Waals surface area contributed by atoms with Gasteiger partial charge in [-0.2, -0.15) is 0 Å². The molecule has 8 heteroatoms. The Balaban J connectivity index is 2.48. The smallest absolute Gasteiger partial charge is 0.262 e. The van der Waals surface area contributed by atoms with Gasteiger partial charge in [-0.3, -0.25) is 4.72 Å². The first-order valence-corrected chi connectivity index (χ1v) is 9.25. The van der Waals surface area contributed by atoms with Crippen molar-refractivity contribution >= 4 is 31.2 Å². The molecular weight excluding hydrogens is 312 g/mol. The van der Waals surface area contributed by atoms with Crippen LogP contribution in [-0.2, 0) is 19.9 Å². The van der Waals surface area contributed by atoms with Gasteiger partial charge in [0.2, 0.25) is 0 Å². The van der Waals surface area contributed by atoms with Gasteiger partial charge >= 0.3 is 0 Å². The predicted octanol–water partition coefficient (Wildman–Crippen LogP) is 1.47. The number of nitrogen functional groups attached to an aromatic ring is 1. The highest BCUT2D eigenvalue weighted by atomic mass is 32.2. The lowest BCUT2D eigenvalue weighted by Crippen LogP contribution is -2.15. The maximum absolute atomic E-state index is 12.3. The van der Waals surface area contributed by atoms with Gasteiger partial charge in [-0.15, -0.1) is 0 Å². The topological polar surface area (TPSA) is 106 Å². The van der Waals surface area contributed by atoms with Crippen molar-refractivity contribution in [1.82, 2.24) is 0 Å². The molecule has 0 aliphatic rings. The Morgan fingerprint density at radius 3 is 2.24 bits per heavy atom. The van der Waals surface area contributed by atoms with Crippen molar-refractivity contribution in [1.29, 1.82) is 0 Å². The number of hydrogen-bond donors (Lipinski definition) is 2. The van der Waals surface area contributed by atoms with E-state index < -0.39 is 19.9 Å². The second kappa shape index (κ2) is 5.38. The molecule has 0 aliphatic carbocycles. The zero-order valence-electron chi connectivity index (χ0n) is 11.1. The van der Waals surface area contributed by atoms with E-state index in [1.54, 1.807) is 12.1 Å². The van der Waals surface area contributed by atoms with Crippen molar-refractivity contribution in [2.24, 2.45) is 0 Å². The van der Waals surface area contributed by atoms with Gasteiger partial charge in [0.15, 0.2) is 9.84 Å². The molecule has 0 aliphatic heterocycles. The minimum Gasteiger partial charge on any atom is -0.399 e. The highest BCUT2D eigenvalue weighted by Crippen LogP contribution is 2.24. The standard InChI is InChI=1S/C13H14N2O4S2/c1-20(16,17)13-8-3-2-7-12(13)15-21(18,19)11-6-4-5-10(14)9-11/h2-9,15H,14H2,1H3. The van der Waals surface area contributed by atoms with E-state index >= 15 is 0 Å². The van der Waals surface area contributed by atoms with Gasteiger partial charge in [-0.1, -0.05) is 18.2 Å². The summed E-state index contributed by atoms with van der Waals surface area (Å²) in [6.45, 7) is 0.